The summed E-state index contributed by atoms with van der Waals surface area (Å²) in [6.45, 7) is 6.35. The van der Waals surface area contributed by atoms with Gasteiger partial charge in [-0.05, 0) is 48.7 Å². The zero-order valence-electron chi connectivity index (χ0n) is 19.8. The van der Waals surface area contributed by atoms with E-state index < -0.39 is 0 Å². The first kappa shape index (κ1) is 21.5. The molecule has 1 amide bonds. The van der Waals surface area contributed by atoms with Gasteiger partial charge in [0.05, 0.1) is 11.3 Å². The third-order valence-electron chi connectivity index (χ3n) is 6.94. The summed E-state index contributed by atoms with van der Waals surface area (Å²) < 4.78 is 0. The third kappa shape index (κ3) is 4.16. The Balaban J connectivity index is 1.14. The molecule has 4 aromatic rings. The molecule has 6 rings (SSSR count). The van der Waals surface area contributed by atoms with Crippen LogP contribution in [0.4, 0.5) is 11.8 Å². The second kappa shape index (κ2) is 8.94. The molecular formula is C27H27N7O. The van der Waals surface area contributed by atoms with Crippen molar-refractivity contribution >= 4 is 28.7 Å². The molecule has 176 valence electrons. The van der Waals surface area contributed by atoms with Gasteiger partial charge in [0.25, 0.3) is 5.91 Å². The van der Waals surface area contributed by atoms with Crippen molar-refractivity contribution in [2.24, 2.45) is 0 Å². The number of hydrogen-bond donors (Lipinski definition) is 0. The van der Waals surface area contributed by atoms with E-state index in [1.807, 2.05) is 42.3 Å². The Hall–Kier alpha value is -4.07. The van der Waals surface area contributed by atoms with E-state index in [9.17, 15) is 4.79 Å². The largest absolute Gasteiger partial charge is 0.353 e. The van der Waals surface area contributed by atoms with Gasteiger partial charge in [0, 0.05) is 57.0 Å². The van der Waals surface area contributed by atoms with Crippen molar-refractivity contribution in [1.29, 1.82) is 0 Å². The van der Waals surface area contributed by atoms with Gasteiger partial charge < -0.3 is 14.7 Å². The van der Waals surface area contributed by atoms with Crippen molar-refractivity contribution < 1.29 is 4.79 Å². The van der Waals surface area contributed by atoms with Gasteiger partial charge in [-0.25, -0.2) is 15.0 Å². The minimum Gasteiger partial charge on any atom is -0.353 e. The van der Waals surface area contributed by atoms with Crippen molar-refractivity contribution in [3.63, 3.8) is 0 Å². The van der Waals surface area contributed by atoms with Gasteiger partial charge >= 0.3 is 0 Å². The summed E-state index contributed by atoms with van der Waals surface area (Å²) in [4.78, 5) is 38.0. The molecule has 0 unspecified atom stereocenters. The molecule has 0 N–H and O–H groups in total. The number of rotatable bonds is 3. The predicted molar refractivity (Wildman–Crippen MR) is 136 cm³/mol. The smallest absolute Gasteiger partial charge is 0.255 e. The Morgan fingerprint density at radius 2 is 1.66 bits per heavy atom. The van der Waals surface area contributed by atoms with Crippen LogP contribution in [-0.4, -0.2) is 63.5 Å². The summed E-state index contributed by atoms with van der Waals surface area (Å²) in [5, 5.41) is 0.883. The minimum absolute atomic E-state index is 0.0239. The number of amides is 1. The zero-order valence-corrected chi connectivity index (χ0v) is 19.8. The molecule has 2 aliphatic rings. The van der Waals surface area contributed by atoms with Crippen molar-refractivity contribution in [1.82, 2.24) is 24.8 Å². The topological polar surface area (TPSA) is 78.4 Å². The Morgan fingerprint density at radius 1 is 0.829 bits per heavy atom. The highest BCUT2D eigenvalue weighted by Crippen LogP contribution is 2.24. The molecule has 8 heteroatoms. The maximum absolute atomic E-state index is 13.3. The molecule has 0 atom stereocenters. The second-order valence-corrected chi connectivity index (χ2v) is 9.11. The van der Waals surface area contributed by atoms with Crippen LogP contribution < -0.4 is 9.80 Å². The maximum atomic E-state index is 13.3. The van der Waals surface area contributed by atoms with Crippen molar-refractivity contribution in [2.45, 2.75) is 19.9 Å². The molecule has 0 bridgehead atoms. The normalized spacial score (nSPS) is 15.9. The number of anilines is 2. The Labute approximate surface area is 204 Å². The van der Waals surface area contributed by atoms with Crippen LogP contribution in [0.3, 0.4) is 0 Å². The number of aryl methyl sites for hydroxylation is 1. The maximum Gasteiger partial charge on any atom is 0.255 e. The van der Waals surface area contributed by atoms with E-state index in [0.717, 1.165) is 49.8 Å². The van der Waals surface area contributed by atoms with Crippen LogP contribution in [0.2, 0.25) is 0 Å². The SMILES string of the molecule is Cc1nc2ncccc2cc1C(=O)N1CCN(c2ccnc(N3CCc4ccccc4C3)n2)CC1. The van der Waals surface area contributed by atoms with Gasteiger partial charge in [-0.2, -0.15) is 4.98 Å². The molecule has 5 heterocycles. The molecule has 1 fully saturated rings. The number of fused-ring (bicyclic) bond motifs is 2. The molecule has 1 aromatic carbocycles. The molecule has 2 aliphatic heterocycles. The van der Waals surface area contributed by atoms with E-state index in [-0.39, 0.29) is 5.91 Å². The van der Waals surface area contributed by atoms with E-state index in [4.69, 9.17) is 4.98 Å². The summed E-state index contributed by atoms with van der Waals surface area (Å²) >= 11 is 0. The summed E-state index contributed by atoms with van der Waals surface area (Å²) in [5.74, 6) is 1.70. The van der Waals surface area contributed by atoms with E-state index >= 15 is 0 Å². The number of nitrogens with zero attached hydrogens (tertiary/aromatic N) is 7. The fraction of sp³-hybridized carbons (Fsp3) is 0.296. The lowest BCUT2D eigenvalue weighted by atomic mass is 10.0. The summed E-state index contributed by atoms with van der Waals surface area (Å²) in [6, 6.07) is 16.3. The first-order chi connectivity index (χ1) is 17.2. The lowest BCUT2D eigenvalue weighted by molar-refractivity contribution is 0.0745. The predicted octanol–water partition coefficient (Wildman–Crippen LogP) is 3.25. The fourth-order valence-corrected chi connectivity index (χ4v) is 4.95. The van der Waals surface area contributed by atoms with Gasteiger partial charge in [-0.15, -0.1) is 0 Å². The van der Waals surface area contributed by atoms with Gasteiger partial charge in [0.15, 0.2) is 5.65 Å². The van der Waals surface area contributed by atoms with Gasteiger partial charge in [0.1, 0.15) is 5.82 Å². The van der Waals surface area contributed by atoms with Crippen molar-refractivity contribution in [3.05, 3.63) is 83.3 Å². The second-order valence-electron chi connectivity index (χ2n) is 9.11. The highest BCUT2D eigenvalue weighted by atomic mass is 16.2. The fourth-order valence-electron chi connectivity index (χ4n) is 4.95. The summed E-state index contributed by atoms with van der Waals surface area (Å²) in [5.41, 5.74) is 4.78. The quantitative estimate of drug-likeness (QED) is 0.460. The van der Waals surface area contributed by atoms with Crippen LogP contribution in [0.15, 0.2) is 60.9 Å². The first-order valence-electron chi connectivity index (χ1n) is 12.1. The Kier molecular flexibility index (Phi) is 5.48. The first-order valence-corrected chi connectivity index (χ1v) is 12.1. The minimum atomic E-state index is 0.0239. The lowest BCUT2D eigenvalue weighted by Crippen LogP contribution is -2.49. The molecule has 0 spiro atoms. The van der Waals surface area contributed by atoms with Crippen LogP contribution in [0.5, 0.6) is 0 Å². The number of benzene rings is 1. The van der Waals surface area contributed by atoms with E-state index in [0.29, 0.717) is 30.0 Å². The van der Waals surface area contributed by atoms with Crippen LogP contribution in [0, 0.1) is 6.92 Å². The molecule has 3 aromatic heterocycles. The highest BCUT2D eigenvalue weighted by Gasteiger charge is 2.25. The van der Waals surface area contributed by atoms with Crippen molar-refractivity contribution in [2.75, 3.05) is 42.5 Å². The number of carbonyl (C=O) groups excluding carboxylic acids is 1. The molecule has 0 radical (unpaired) electrons. The number of piperazine rings is 1. The zero-order chi connectivity index (χ0) is 23.8. The van der Waals surface area contributed by atoms with Crippen molar-refractivity contribution in [3.8, 4) is 0 Å². The molecule has 1 saturated heterocycles. The van der Waals surface area contributed by atoms with Crippen LogP contribution in [-0.2, 0) is 13.0 Å². The van der Waals surface area contributed by atoms with Crippen LogP contribution in [0.25, 0.3) is 11.0 Å². The molecule has 0 aliphatic carbocycles. The van der Waals surface area contributed by atoms with E-state index in [1.54, 1.807) is 6.20 Å². The average molecular weight is 466 g/mol. The van der Waals surface area contributed by atoms with E-state index in [2.05, 4.69) is 49.0 Å². The average Bonchev–Trinajstić information content (AvgIpc) is 2.92. The summed E-state index contributed by atoms with van der Waals surface area (Å²) in [7, 11) is 0. The van der Waals surface area contributed by atoms with Gasteiger partial charge in [-0.3, -0.25) is 4.79 Å². The van der Waals surface area contributed by atoms with E-state index in [1.165, 1.54) is 11.1 Å². The number of aromatic nitrogens is 4. The number of pyridine rings is 2. The van der Waals surface area contributed by atoms with Crippen LogP contribution >= 0.6 is 0 Å². The molecule has 0 saturated carbocycles. The van der Waals surface area contributed by atoms with Crippen LogP contribution in [0.1, 0.15) is 27.2 Å². The Bertz CT molecular complexity index is 1400. The standard InChI is InChI=1S/C27H27N7O/c1-19-23(17-21-7-4-10-28-25(21)30-19)26(35)33-15-13-32(14-16-33)24-8-11-29-27(31-24)34-12-9-20-5-2-3-6-22(20)18-34/h2-8,10-11,17H,9,12-16,18H2,1H3. The third-order valence-corrected chi connectivity index (χ3v) is 6.94. The van der Waals surface area contributed by atoms with Gasteiger partial charge in [0.2, 0.25) is 5.95 Å². The Morgan fingerprint density at radius 3 is 2.51 bits per heavy atom. The van der Waals surface area contributed by atoms with Gasteiger partial charge in [-0.1, -0.05) is 24.3 Å². The molecular weight excluding hydrogens is 438 g/mol. The molecule has 8 nitrogen and oxygen atoms in total. The molecule has 35 heavy (non-hydrogen) atoms. The number of carbonyl (C=O) groups is 1. The highest BCUT2D eigenvalue weighted by molar-refractivity contribution is 5.98. The summed E-state index contributed by atoms with van der Waals surface area (Å²) in [6.07, 6.45) is 4.57. The monoisotopic (exact) mass is 465 g/mol. The lowest BCUT2D eigenvalue weighted by Gasteiger charge is -2.36. The number of hydrogen-bond acceptors (Lipinski definition) is 7.